The van der Waals surface area contributed by atoms with Crippen molar-refractivity contribution >= 4 is 27.4 Å². The Morgan fingerprint density at radius 3 is 2.08 bits per heavy atom. The Labute approximate surface area is 77.2 Å². The second-order valence-electron chi connectivity index (χ2n) is 2.37. The molecule has 4 nitrogen and oxygen atoms in total. The lowest BCUT2D eigenvalue weighted by molar-refractivity contribution is 0.0651. The fourth-order valence-electron chi connectivity index (χ4n) is 0.908. The van der Waals surface area contributed by atoms with Gasteiger partial charge in [0, 0.05) is 0 Å². The van der Waals surface area contributed by atoms with Crippen LogP contribution in [0.5, 0.6) is 0 Å². The molecule has 0 atom stereocenters. The molecule has 2 N–H and O–H groups in total. The average molecular weight is 193 g/mol. The van der Waals surface area contributed by atoms with Crippen molar-refractivity contribution in [2.45, 2.75) is 0 Å². The first kappa shape index (κ1) is 9.46. The van der Waals surface area contributed by atoms with E-state index in [1.165, 1.54) is 18.2 Å². The van der Waals surface area contributed by atoms with Gasteiger partial charge < -0.3 is 10.2 Å². The van der Waals surface area contributed by atoms with Crippen molar-refractivity contribution < 1.29 is 19.8 Å². The number of hydrogen-bond acceptors (Lipinski definition) is 2. The summed E-state index contributed by atoms with van der Waals surface area (Å²) in [4.78, 5) is 21.2. The number of carbonyl (C=O) groups is 2. The standard InChI is InChI=1S/C8H5O4Si/c9-7(10)5-2-1-4(13)3-6(5)8(11)12/h1-3H,(H,9,10)(H,11,12). The summed E-state index contributed by atoms with van der Waals surface area (Å²) in [7, 11) is 3.11. The lowest BCUT2D eigenvalue weighted by Crippen LogP contribution is -2.13. The summed E-state index contributed by atoms with van der Waals surface area (Å²) in [5.74, 6) is -2.50. The molecule has 0 amide bonds. The molecular formula is C8H5O4Si. The summed E-state index contributed by atoms with van der Waals surface area (Å²) in [6.45, 7) is 0. The van der Waals surface area contributed by atoms with Crippen molar-refractivity contribution in [2.75, 3.05) is 0 Å². The maximum absolute atomic E-state index is 10.6. The topological polar surface area (TPSA) is 74.6 Å². The molecule has 1 aromatic carbocycles. The molecule has 0 heterocycles. The van der Waals surface area contributed by atoms with E-state index >= 15 is 0 Å². The van der Waals surface area contributed by atoms with Gasteiger partial charge in [-0.1, -0.05) is 11.3 Å². The minimum absolute atomic E-state index is 0.213. The number of carboxylic acids is 2. The third-order valence-electron chi connectivity index (χ3n) is 1.48. The largest absolute Gasteiger partial charge is 0.478 e. The molecule has 0 aliphatic rings. The maximum atomic E-state index is 10.6. The molecule has 0 aliphatic carbocycles. The Bertz CT molecular complexity index is 372. The Morgan fingerprint density at radius 2 is 1.62 bits per heavy atom. The number of hydrogen-bond donors (Lipinski definition) is 2. The van der Waals surface area contributed by atoms with Crippen LogP contribution in [0.2, 0.25) is 0 Å². The van der Waals surface area contributed by atoms with Crippen molar-refractivity contribution in [1.29, 1.82) is 0 Å². The molecule has 3 radical (unpaired) electrons. The predicted octanol–water partition coefficient (Wildman–Crippen LogP) is -0.123. The molecule has 1 rings (SSSR count). The van der Waals surface area contributed by atoms with Crippen molar-refractivity contribution in [3.8, 4) is 0 Å². The maximum Gasteiger partial charge on any atom is 0.336 e. The van der Waals surface area contributed by atoms with Crippen LogP contribution in [0.3, 0.4) is 0 Å². The molecule has 13 heavy (non-hydrogen) atoms. The lowest BCUT2D eigenvalue weighted by atomic mass is 10.1. The molecule has 0 spiro atoms. The summed E-state index contributed by atoms with van der Waals surface area (Å²) >= 11 is 0. The van der Waals surface area contributed by atoms with E-state index in [1.54, 1.807) is 0 Å². The average Bonchev–Trinajstić information content (AvgIpc) is 2.03. The van der Waals surface area contributed by atoms with Gasteiger partial charge in [0.25, 0.3) is 0 Å². The molecule has 5 heteroatoms. The monoisotopic (exact) mass is 193 g/mol. The van der Waals surface area contributed by atoms with Gasteiger partial charge in [-0.2, -0.15) is 0 Å². The molecule has 65 valence electrons. The van der Waals surface area contributed by atoms with Gasteiger partial charge in [0.15, 0.2) is 0 Å². The minimum Gasteiger partial charge on any atom is -0.478 e. The van der Waals surface area contributed by atoms with Crippen LogP contribution in [-0.2, 0) is 0 Å². The van der Waals surface area contributed by atoms with Crippen LogP contribution in [0, 0.1) is 0 Å². The lowest BCUT2D eigenvalue weighted by Gasteiger charge is -2.01. The van der Waals surface area contributed by atoms with E-state index in [9.17, 15) is 9.59 Å². The zero-order chi connectivity index (χ0) is 10.0. The van der Waals surface area contributed by atoms with E-state index in [1.807, 2.05) is 0 Å². The van der Waals surface area contributed by atoms with Crippen LogP contribution in [0.4, 0.5) is 0 Å². The third kappa shape index (κ3) is 1.94. The van der Waals surface area contributed by atoms with Crippen LogP contribution in [0.15, 0.2) is 18.2 Å². The van der Waals surface area contributed by atoms with Crippen molar-refractivity contribution in [2.24, 2.45) is 0 Å². The molecule has 0 fully saturated rings. The normalized spacial score (nSPS) is 9.62. The van der Waals surface area contributed by atoms with Crippen molar-refractivity contribution in [3.63, 3.8) is 0 Å². The van der Waals surface area contributed by atoms with E-state index < -0.39 is 11.9 Å². The van der Waals surface area contributed by atoms with E-state index in [2.05, 4.69) is 10.2 Å². The summed E-state index contributed by atoms with van der Waals surface area (Å²) in [5.41, 5.74) is -0.436. The van der Waals surface area contributed by atoms with Crippen LogP contribution in [-0.4, -0.2) is 32.4 Å². The number of carboxylic acid groups (broad SMARTS) is 2. The Hall–Kier alpha value is -1.62. The zero-order valence-electron chi connectivity index (χ0n) is 6.44. The Kier molecular flexibility index (Phi) is 2.48. The predicted molar refractivity (Wildman–Crippen MR) is 45.7 cm³/mol. The van der Waals surface area contributed by atoms with E-state index in [4.69, 9.17) is 10.2 Å². The molecule has 0 aromatic heterocycles. The van der Waals surface area contributed by atoms with Gasteiger partial charge in [0.1, 0.15) is 0 Å². The summed E-state index contributed by atoms with van der Waals surface area (Å²) in [6.07, 6.45) is 0. The van der Waals surface area contributed by atoms with Crippen LogP contribution >= 0.6 is 0 Å². The van der Waals surface area contributed by atoms with Crippen LogP contribution in [0.25, 0.3) is 0 Å². The van der Waals surface area contributed by atoms with E-state index in [0.29, 0.717) is 5.19 Å². The first-order valence-corrected chi connectivity index (χ1v) is 3.84. The van der Waals surface area contributed by atoms with E-state index in [0.717, 1.165) is 0 Å². The zero-order valence-corrected chi connectivity index (χ0v) is 7.44. The quantitative estimate of drug-likeness (QED) is 0.642. The third-order valence-corrected chi connectivity index (χ3v) is 1.79. The van der Waals surface area contributed by atoms with Gasteiger partial charge in [0.2, 0.25) is 0 Å². The van der Waals surface area contributed by atoms with E-state index in [-0.39, 0.29) is 11.1 Å². The highest BCUT2D eigenvalue weighted by Gasteiger charge is 2.14. The molecular weight excluding hydrogens is 188 g/mol. The number of rotatable bonds is 2. The smallest absolute Gasteiger partial charge is 0.336 e. The van der Waals surface area contributed by atoms with Gasteiger partial charge in [0.05, 0.1) is 21.4 Å². The fraction of sp³-hybridized carbons (Fsp3) is 0. The highest BCUT2D eigenvalue weighted by atomic mass is 28.1. The SMILES string of the molecule is O=C(O)c1ccc([Si])cc1C(=O)O. The minimum atomic E-state index is -1.25. The van der Waals surface area contributed by atoms with Gasteiger partial charge >= 0.3 is 11.9 Å². The number of benzene rings is 1. The summed E-state index contributed by atoms with van der Waals surface area (Å²) in [5, 5.41) is 17.8. The molecule has 0 saturated carbocycles. The summed E-state index contributed by atoms with van der Waals surface area (Å²) < 4.78 is 0. The second-order valence-corrected chi connectivity index (χ2v) is 2.95. The first-order chi connectivity index (χ1) is 6.02. The highest BCUT2D eigenvalue weighted by Crippen LogP contribution is 2.06. The highest BCUT2D eigenvalue weighted by molar-refractivity contribution is 6.32. The van der Waals surface area contributed by atoms with Gasteiger partial charge in [-0.05, 0) is 12.1 Å². The second kappa shape index (κ2) is 3.40. The number of aromatic carboxylic acids is 2. The molecule has 0 saturated heterocycles. The molecule has 1 aromatic rings. The Morgan fingerprint density at radius 1 is 1.08 bits per heavy atom. The first-order valence-electron chi connectivity index (χ1n) is 3.34. The van der Waals surface area contributed by atoms with Crippen molar-refractivity contribution in [1.82, 2.24) is 0 Å². The van der Waals surface area contributed by atoms with Crippen LogP contribution in [0.1, 0.15) is 20.7 Å². The fourth-order valence-corrected chi connectivity index (χ4v) is 1.14. The summed E-state index contributed by atoms with van der Waals surface area (Å²) in [6, 6.07) is 3.98. The van der Waals surface area contributed by atoms with Crippen LogP contribution < -0.4 is 5.19 Å². The van der Waals surface area contributed by atoms with Crippen molar-refractivity contribution in [3.05, 3.63) is 29.3 Å². The molecule has 0 aliphatic heterocycles. The van der Waals surface area contributed by atoms with Gasteiger partial charge in [-0.3, -0.25) is 0 Å². The molecule has 0 bridgehead atoms. The van der Waals surface area contributed by atoms with Gasteiger partial charge in [-0.15, -0.1) is 0 Å². The van der Waals surface area contributed by atoms with Gasteiger partial charge in [-0.25, -0.2) is 9.59 Å². The molecule has 0 unspecified atom stereocenters. The Balaban J connectivity index is 3.35.